The van der Waals surface area contributed by atoms with Crippen molar-refractivity contribution in [1.82, 2.24) is 0 Å². The van der Waals surface area contributed by atoms with Crippen molar-refractivity contribution < 1.29 is 0 Å². The van der Waals surface area contributed by atoms with Crippen LogP contribution in [0.3, 0.4) is 0 Å². The molecule has 0 aliphatic rings. The summed E-state index contributed by atoms with van der Waals surface area (Å²) in [5, 5.41) is 0. The minimum atomic E-state index is 0.114. The number of benzene rings is 5. The Labute approximate surface area is 240 Å². The van der Waals surface area contributed by atoms with Crippen LogP contribution in [-0.4, -0.2) is 0 Å². The van der Waals surface area contributed by atoms with Crippen molar-refractivity contribution in [2.24, 2.45) is 0 Å². The Hall–Kier alpha value is -4.30. The molecular weight excluding hydrogens is 484 g/mol. The first kappa shape index (κ1) is 27.3. The average molecular weight is 525 g/mol. The van der Waals surface area contributed by atoms with E-state index in [1.807, 2.05) is 0 Å². The van der Waals surface area contributed by atoms with Crippen LogP contribution in [-0.2, 0) is 11.8 Å². The third-order valence-electron chi connectivity index (χ3n) is 7.54. The summed E-state index contributed by atoms with van der Waals surface area (Å²) in [7, 11) is 0. The largest absolute Gasteiger partial charge is 0.311 e. The number of hydrogen-bond donors (Lipinski definition) is 0. The van der Waals surface area contributed by atoms with Gasteiger partial charge in [0.05, 0.1) is 0 Å². The van der Waals surface area contributed by atoms with Crippen molar-refractivity contribution in [2.75, 3.05) is 9.80 Å². The number of nitrogens with zero attached hydrogens (tertiary/aromatic N) is 2. The molecule has 0 saturated carbocycles. The normalized spacial score (nSPS) is 11.3. The Morgan fingerprint density at radius 3 is 1.00 bits per heavy atom. The van der Waals surface area contributed by atoms with Gasteiger partial charge in [0.15, 0.2) is 0 Å². The molecule has 5 aromatic rings. The van der Waals surface area contributed by atoms with Crippen LogP contribution in [0.2, 0.25) is 0 Å². The SMILES string of the molecule is CCc1ccc(N(c2ccc(N(c3ccc(C)cc3)c3ccc(C)cc3)cc2)c2ccc(C(C)(C)C)cc2)cc1. The Morgan fingerprint density at radius 2 is 0.700 bits per heavy atom. The maximum atomic E-state index is 2.34. The van der Waals surface area contributed by atoms with Gasteiger partial charge in [0, 0.05) is 34.1 Å². The zero-order chi connectivity index (χ0) is 28.3. The highest BCUT2D eigenvalue weighted by atomic mass is 15.2. The Kier molecular flexibility index (Phi) is 7.80. The van der Waals surface area contributed by atoms with Gasteiger partial charge in [-0.25, -0.2) is 0 Å². The van der Waals surface area contributed by atoms with Crippen LogP contribution >= 0.6 is 0 Å². The van der Waals surface area contributed by atoms with Gasteiger partial charge in [0.2, 0.25) is 0 Å². The molecule has 0 amide bonds. The summed E-state index contributed by atoms with van der Waals surface area (Å²) in [5.41, 5.74) is 12.2. The average Bonchev–Trinajstić information content (AvgIpc) is 2.96. The highest BCUT2D eigenvalue weighted by Crippen LogP contribution is 2.39. The summed E-state index contributed by atoms with van der Waals surface area (Å²) in [6.45, 7) is 13.2. The van der Waals surface area contributed by atoms with E-state index >= 15 is 0 Å². The fourth-order valence-corrected chi connectivity index (χ4v) is 5.02. The number of hydrogen-bond acceptors (Lipinski definition) is 2. The second kappa shape index (κ2) is 11.4. The lowest BCUT2D eigenvalue weighted by Crippen LogP contribution is -2.14. The summed E-state index contributed by atoms with van der Waals surface area (Å²) in [4.78, 5) is 4.67. The summed E-state index contributed by atoms with van der Waals surface area (Å²) < 4.78 is 0. The van der Waals surface area contributed by atoms with Crippen LogP contribution in [0.4, 0.5) is 34.1 Å². The summed E-state index contributed by atoms with van der Waals surface area (Å²) in [5.74, 6) is 0. The van der Waals surface area contributed by atoms with Crippen LogP contribution in [0.15, 0.2) is 121 Å². The topological polar surface area (TPSA) is 6.48 Å². The van der Waals surface area contributed by atoms with E-state index in [4.69, 9.17) is 0 Å². The smallest absolute Gasteiger partial charge is 0.0463 e. The van der Waals surface area contributed by atoms with Crippen LogP contribution < -0.4 is 9.80 Å². The Balaban J connectivity index is 1.57. The minimum Gasteiger partial charge on any atom is -0.311 e. The van der Waals surface area contributed by atoms with Gasteiger partial charge in [-0.3, -0.25) is 0 Å². The number of rotatable bonds is 7. The fraction of sp³-hybridized carbons (Fsp3) is 0.211. The molecule has 0 saturated heterocycles. The van der Waals surface area contributed by atoms with Crippen molar-refractivity contribution in [3.05, 3.63) is 144 Å². The Bertz CT molecular complexity index is 1480. The summed E-state index contributed by atoms with van der Waals surface area (Å²) in [6.07, 6.45) is 1.03. The molecule has 0 fully saturated rings. The predicted molar refractivity (Wildman–Crippen MR) is 173 cm³/mol. The highest BCUT2D eigenvalue weighted by molar-refractivity contribution is 5.81. The fourth-order valence-electron chi connectivity index (χ4n) is 5.02. The van der Waals surface area contributed by atoms with Crippen LogP contribution in [0.1, 0.15) is 49.9 Å². The van der Waals surface area contributed by atoms with Gasteiger partial charge in [-0.15, -0.1) is 0 Å². The minimum absolute atomic E-state index is 0.114. The van der Waals surface area contributed by atoms with Gasteiger partial charge in [-0.2, -0.15) is 0 Å². The van der Waals surface area contributed by atoms with E-state index in [0.717, 1.165) is 40.5 Å². The molecule has 0 unspecified atom stereocenters. The molecule has 0 atom stereocenters. The first-order chi connectivity index (χ1) is 19.2. The molecule has 5 rings (SSSR count). The molecule has 0 aromatic heterocycles. The molecule has 0 spiro atoms. The monoisotopic (exact) mass is 524 g/mol. The van der Waals surface area contributed by atoms with Crippen LogP contribution in [0.25, 0.3) is 0 Å². The maximum Gasteiger partial charge on any atom is 0.0463 e. The van der Waals surface area contributed by atoms with Gasteiger partial charge in [0.25, 0.3) is 0 Å². The van der Waals surface area contributed by atoms with E-state index in [0.29, 0.717) is 0 Å². The van der Waals surface area contributed by atoms with E-state index in [-0.39, 0.29) is 5.41 Å². The van der Waals surface area contributed by atoms with E-state index in [1.165, 1.54) is 22.3 Å². The third kappa shape index (κ3) is 5.97. The molecule has 2 nitrogen and oxygen atoms in total. The highest BCUT2D eigenvalue weighted by Gasteiger charge is 2.18. The maximum absolute atomic E-state index is 2.34. The summed E-state index contributed by atoms with van der Waals surface area (Å²) in [6, 6.07) is 44.3. The molecule has 5 aromatic carbocycles. The second-order valence-corrected chi connectivity index (χ2v) is 11.7. The van der Waals surface area contributed by atoms with E-state index in [1.54, 1.807) is 0 Å². The second-order valence-electron chi connectivity index (χ2n) is 11.7. The number of aryl methyl sites for hydroxylation is 3. The van der Waals surface area contributed by atoms with Gasteiger partial charge in [-0.05, 0) is 110 Å². The van der Waals surface area contributed by atoms with Crippen LogP contribution in [0.5, 0.6) is 0 Å². The number of anilines is 6. The molecule has 0 aliphatic heterocycles. The van der Waals surface area contributed by atoms with Crippen molar-refractivity contribution in [3.63, 3.8) is 0 Å². The lowest BCUT2D eigenvalue weighted by Gasteiger charge is -2.29. The molecule has 0 bridgehead atoms. The molecule has 0 N–H and O–H groups in total. The van der Waals surface area contributed by atoms with E-state index in [2.05, 4.69) is 173 Å². The van der Waals surface area contributed by atoms with Gasteiger partial charge >= 0.3 is 0 Å². The van der Waals surface area contributed by atoms with Crippen molar-refractivity contribution in [3.8, 4) is 0 Å². The first-order valence-electron chi connectivity index (χ1n) is 14.3. The van der Waals surface area contributed by atoms with E-state index in [9.17, 15) is 0 Å². The molecular formula is C38H40N2. The molecule has 40 heavy (non-hydrogen) atoms. The summed E-state index contributed by atoms with van der Waals surface area (Å²) >= 11 is 0. The molecule has 0 radical (unpaired) electrons. The van der Waals surface area contributed by atoms with Crippen LogP contribution in [0, 0.1) is 13.8 Å². The molecule has 0 aliphatic carbocycles. The van der Waals surface area contributed by atoms with Gasteiger partial charge in [0.1, 0.15) is 0 Å². The third-order valence-corrected chi connectivity index (χ3v) is 7.54. The standard InChI is InChI=1S/C38H40N2/c1-7-30-12-20-34(21-13-30)40(35-22-14-31(15-23-35)38(4,5)6)37-26-24-36(25-27-37)39(32-16-8-28(2)9-17-32)33-18-10-29(3)11-19-33/h8-27H,7H2,1-6H3. The first-order valence-corrected chi connectivity index (χ1v) is 14.3. The zero-order valence-corrected chi connectivity index (χ0v) is 24.6. The Morgan fingerprint density at radius 1 is 0.425 bits per heavy atom. The van der Waals surface area contributed by atoms with Crippen molar-refractivity contribution in [2.45, 2.75) is 53.4 Å². The molecule has 0 heterocycles. The quantitative estimate of drug-likeness (QED) is 0.209. The molecule has 202 valence electrons. The predicted octanol–water partition coefficient (Wildman–Crippen LogP) is 11.1. The lowest BCUT2D eigenvalue weighted by atomic mass is 9.87. The van der Waals surface area contributed by atoms with E-state index < -0.39 is 0 Å². The zero-order valence-electron chi connectivity index (χ0n) is 24.6. The van der Waals surface area contributed by atoms with Crippen molar-refractivity contribution >= 4 is 34.1 Å². The molecule has 2 heteroatoms. The lowest BCUT2D eigenvalue weighted by molar-refractivity contribution is 0.590. The van der Waals surface area contributed by atoms with Gasteiger partial charge < -0.3 is 9.80 Å². The van der Waals surface area contributed by atoms with Crippen molar-refractivity contribution in [1.29, 1.82) is 0 Å². The van der Waals surface area contributed by atoms with Gasteiger partial charge in [-0.1, -0.05) is 87.4 Å².